The first-order valence-corrected chi connectivity index (χ1v) is 31.9. The molecule has 1 heterocycles. The van der Waals surface area contributed by atoms with Crippen molar-refractivity contribution in [2.45, 2.75) is 37.7 Å². The van der Waals surface area contributed by atoms with Crippen LogP contribution in [0.5, 0.6) is 40.2 Å². The molecule has 0 saturated carbocycles. The molecule has 0 N–H and O–H groups in total. The number of ether oxygens (including phenoxy) is 6. The molecule has 0 atom stereocenters. The second-order valence-electron chi connectivity index (χ2n) is 20.4. The first kappa shape index (κ1) is 78.3. The smallest absolute Gasteiger partial charge is 0.744 e. The predicted molar refractivity (Wildman–Crippen MR) is 326 cm³/mol. The van der Waals surface area contributed by atoms with Gasteiger partial charge in [0.1, 0.15) is 60.5 Å². The predicted octanol–water partition coefficient (Wildman–Crippen LogP) is -0.241. The number of methoxy groups -OCH3 is 1. The van der Waals surface area contributed by atoms with E-state index >= 15 is 0 Å². The SMILES string of the molecule is COc1ccc(C2(c3ccc(Oc4ccc(C(=O)c5ccc(Oc6ccc(C(c7ccccc7)(c7ccccc7)c7ccc(Oc8ccc(C(=O)c9ccc(C)c(S(=O)(=O)[O-])c9)cc8SOO[O-])cc7)cc6)c(S(=O)(=O)[O-])c5)cc4SOO[O-])cc3)OCCO2)cc1.[Na+].[Na+].[Na+].[Na+]. The Labute approximate surface area is 649 Å². The maximum Gasteiger partial charge on any atom is 1.00 e. The van der Waals surface area contributed by atoms with Gasteiger partial charge in [0.15, 0.2) is 11.6 Å². The molecule has 468 valence electrons. The fraction of sp³-hybridized carbons (Fsp3) is 0.0882. The van der Waals surface area contributed by atoms with Crippen LogP contribution in [0.2, 0.25) is 0 Å². The second kappa shape index (κ2) is 34.8. The van der Waals surface area contributed by atoms with E-state index in [1.807, 2.05) is 84.9 Å². The summed E-state index contributed by atoms with van der Waals surface area (Å²) in [5.41, 5.74) is 3.47. The molecule has 96 heavy (non-hydrogen) atoms. The van der Waals surface area contributed by atoms with E-state index in [1.54, 1.807) is 79.9 Å². The molecule has 0 spiro atoms. The molecule has 0 bridgehead atoms. The fourth-order valence-electron chi connectivity index (χ4n) is 10.7. The van der Waals surface area contributed by atoms with Crippen molar-refractivity contribution in [3.8, 4) is 40.2 Å². The van der Waals surface area contributed by atoms with Gasteiger partial charge < -0.3 is 48.0 Å². The van der Waals surface area contributed by atoms with E-state index in [1.165, 1.54) is 67.6 Å². The van der Waals surface area contributed by atoms with E-state index < -0.39 is 52.8 Å². The molecule has 28 heteroatoms. The van der Waals surface area contributed by atoms with Crippen LogP contribution in [0.4, 0.5) is 0 Å². The Bertz CT molecular complexity index is 4520. The zero-order chi connectivity index (χ0) is 64.6. The van der Waals surface area contributed by atoms with E-state index in [9.17, 15) is 46.0 Å². The molecule has 11 rings (SSSR count). The van der Waals surface area contributed by atoms with Gasteiger partial charge >= 0.3 is 118 Å². The number of carbonyl (C=O) groups excluding carboxylic acids is 2. The van der Waals surface area contributed by atoms with E-state index in [2.05, 4.69) is 18.7 Å². The Hall–Kier alpha value is -5.06. The molecule has 0 amide bonds. The monoisotopic (exact) mass is 1400 g/mol. The summed E-state index contributed by atoms with van der Waals surface area (Å²) >= 11 is 0.917. The van der Waals surface area contributed by atoms with E-state index in [-0.39, 0.29) is 179 Å². The summed E-state index contributed by atoms with van der Waals surface area (Å²) in [5, 5.41) is 29.3. The number of rotatable bonds is 25. The molecule has 0 aliphatic carbocycles. The van der Waals surface area contributed by atoms with Crippen molar-refractivity contribution < 1.29 is 211 Å². The summed E-state index contributed by atoms with van der Waals surface area (Å²) in [4.78, 5) is 26.7. The Morgan fingerprint density at radius 3 is 1.18 bits per heavy atom. The van der Waals surface area contributed by atoms with Crippen molar-refractivity contribution in [3.63, 3.8) is 0 Å². The Morgan fingerprint density at radius 2 is 0.781 bits per heavy atom. The average molecular weight is 1410 g/mol. The number of aryl methyl sites for hydroxylation is 1. The van der Waals surface area contributed by atoms with Crippen LogP contribution in [0.15, 0.2) is 250 Å². The van der Waals surface area contributed by atoms with E-state index in [4.69, 9.17) is 28.4 Å². The fourth-order valence-corrected chi connectivity index (χ4v) is 13.0. The number of hydrogen-bond acceptors (Lipinski definition) is 22. The molecule has 10 aromatic rings. The second-order valence-corrected chi connectivity index (χ2v) is 24.6. The van der Waals surface area contributed by atoms with Gasteiger partial charge in [0.25, 0.3) is 0 Å². The van der Waals surface area contributed by atoms with Crippen molar-refractivity contribution in [1.29, 1.82) is 0 Å². The van der Waals surface area contributed by atoms with Crippen LogP contribution in [0.25, 0.3) is 0 Å². The van der Waals surface area contributed by atoms with Crippen LogP contribution in [0.1, 0.15) is 70.8 Å². The first-order chi connectivity index (χ1) is 44.4. The molecular formula is C68H48Na4O20S4. The molecule has 0 unspecified atom stereocenters. The molecule has 10 aromatic carbocycles. The summed E-state index contributed by atoms with van der Waals surface area (Å²) in [6.07, 6.45) is 0. The third-order valence-corrected chi connectivity index (χ3v) is 18.1. The maximum absolute atomic E-state index is 14.2. The average Bonchev–Trinajstić information content (AvgIpc) is 0.821. The Balaban J connectivity index is 0.00000325. The van der Waals surface area contributed by atoms with Gasteiger partial charge in [0, 0.05) is 33.4 Å². The third kappa shape index (κ3) is 17.6. The number of hydrogen-bond donors (Lipinski definition) is 0. The number of carbonyl (C=O) groups is 2. The van der Waals surface area contributed by atoms with Crippen LogP contribution in [-0.4, -0.2) is 57.8 Å². The molecule has 20 nitrogen and oxygen atoms in total. The minimum absolute atomic E-state index is 0. The topological polar surface area (TPSA) is 287 Å². The van der Waals surface area contributed by atoms with Gasteiger partial charge in [-0.25, -0.2) is 16.8 Å². The molecule has 0 aromatic heterocycles. The zero-order valence-corrected chi connectivity index (χ0v) is 63.4. The minimum atomic E-state index is -5.30. The van der Waals surface area contributed by atoms with Gasteiger partial charge in [-0.15, -0.1) is 0 Å². The summed E-state index contributed by atoms with van der Waals surface area (Å²) in [6.45, 7) is 2.15. The summed E-state index contributed by atoms with van der Waals surface area (Å²) in [5.74, 6) is -1.14. The van der Waals surface area contributed by atoms with Crippen molar-refractivity contribution in [1.82, 2.24) is 0 Å². The van der Waals surface area contributed by atoms with Crippen molar-refractivity contribution >= 4 is 55.9 Å². The zero-order valence-electron chi connectivity index (χ0n) is 52.2. The van der Waals surface area contributed by atoms with Gasteiger partial charge in [-0.1, -0.05) is 97.1 Å². The van der Waals surface area contributed by atoms with E-state index in [0.29, 0.717) is 60.1 Å². The van der Waals surface area contributed by atoms with Crippen molar-refractivity contribution in [2.24, 2.45) is 0 Å². The summed E-state index contributed by atoms with van der Waals surface area (Å²) in [7, 11) is -8.61. The van der Waals surface area contributed by atoms with Gasteiger partial charge in [-0.3, -0.25) is 19.7 Å². The molecule has 1 aliphatic heterocycles. The number of ketones is 2. The van der Waals surface area contributed by atoms with Crippen molar-refractivity contribution in [2.75, 3.05) is 20.3 Å². The minimum Gasteiger partial charge on any atom is -0.744 e. The van der Waals surface area contributed by atoms with Crippen LogP contribution in [-0.2, 0) is 59.7 Å². The van der Waals surface area contributed by atoms with Crippen molar-refractivity contribution in [3.05, 3.63) is 292 Å². The van der Waals surface area contributed by atoms with Gasteiger partial charge in [-0.2, -0.15) is 8.67 Å². The molecule has 0 radical (unpaired) electrons. The van der Waals surface area contributed by atoms with Crippen LogP contribution < -0.4 is 148 Å². The first-order valence-electron chi connectivity index (χ1n) is 27.6. The summed E-state index contributed by atoms with van der Waals surface area (Å²) < 4.78 is 120. The molecular weight excluding hydrogens is 1360 g/mol. The Morgan fingerprint density at radius 1 is 0.438 bits per heavy atom. The largest absolute Gasteiger partial charge is 1.00 e. The summed E-state index contributed by atoms with van der Waals surface area (Å²) in [6, 6.07) is 63.0. The molecule has 1 saturated heterocycles. The molecule has 1 aliphatic rings. The quantitative estimate of drug-likeness (QED) is 0.0136. The van der Waals surface area contributed by atoms with Crippen LogP contribution in [0.3, 0.4) is 0 Å². The Kier molecular flexibility index (Phi) is 28.4. The molecule has 1 fully saturated rings. The normalized spacial score (nSPS) is 12.6. The standard InChI is InChI=1S/C68H52O20S4.4Na/c1-43-13-14-46(41-63(43)91(73,74)75)65(69)44-15-34-58(61(39-44)89-87-85-71)82-55-28-18-50(19-29-55)67(48-9-5-3-6-10-48,49-11-7-4-8-12-49)51-20-30-57(31-21-51)84-60-36-17-47(42-64(60)92(76,77)78)66(70)45-16-35-59(62(40-45)90-88-86-72)83-56-32-24-53(25-33-56)68(80-37-38-81-68)52-22-26-54(79-2)27-23-52;;;;/h3-36,39-42,71-72H,37-38H2,1-2H3,(H,73,74,75)(H,76,77,78);;;;/q;4*+1/p-4. The van der Waals surface area contributed by atoms with Crippen LogP contribution >= 0.6 is 24.1 Å². The van der Waals surface area contributed by atoms with Gasteiger partial charge in [0.2, 0.25) is 5.79 Å². The van der Waals surface area contributed by atoms with Gasteiger partial charge in [-0.05, 0) is 168 Å². The number of benzene rings is 10. The maximum atomic E-state index is 14.2. The third-order valence-electron chi connectivity index (χ3n) is 15.0. The van der Waals surface area contributed by atoms with Crippen LogP contribution in [0, 0.1) is 6.92 Å². The van der Waals surface area contributed by atoms with E-state index in [0.717, 1.165) is 39.9 Å². The van der Waals surface area contributed by atoms with Gasteiger partial charge in [0.05, 0.1) is 69.4 Å².